The third-order valence-electron chi connectivity index (χ3n) is 3.65. The van der Waals surface area contributed by atoms with E-state index in [1.807, 2.05) is 6.07 Å². The lowest BCUT2D eigenvalue weighted by molar-refractivity contribution is 0.396. The summed E-state index contributed by atoms with van der Waals surface area (Å²) in [6.07, 6.45) is 3.04. The second kappa shape index (κ2) is 8.10. The van der Waals surface area contributed by atoms with Crippen LogP contribution in [0, 0.1) is 23.0 Å². The second-order valence-electron chi connectivity index (χ2n) is 5.35. The zero-order valence-corrected chi connectivity index (χ0v) is 14.2. The summed E-state index contributed by atoms with van der Waals surface area (Å²) in [6.45, 7) is 0.273. The molecule has 2 aromatic heterocycles. The lowest BCUT2D eigenvalue weighted by Crippen LogP contribution is -2.05. The van der Waals surface area contributed by atoms with E-state index in [2.05, 4.69) is 15.3 Å². The smallest absolute Gasteiger partial charge is 0.233 e. The van der Waals surface area contributed by atoms with Crippen molar-refractivity contribution in [3.63, 3.8) is 0 Å². The van der Waals surface area contributed by atoms with Crippen molar-refractivity contribution in [1.82, 2.24) is 9.97 Å². The molecule has 0 amide bonds. The summed E-state index contributed by atoms with van der Waals surface area (Å²) in [5.74, 6) is -1.40. The molecule has 0 radical (unpaired) electrons. The zero-order valence-electron chi connectivity index (χ0n) is 14.2. The Balaban J connectivity index is 1.81. The van der Waals surface area contributed by atoms with E-state index in [1.165, 1.54) is 25.6 Å². The molecule has 3 rings (SSSR count). The molecule has 3 aromatic rings. The minimum Gasteiger partial charge on any atom is -0.480 e. The van der Waals surface area contributed by atoms with Crippen LogP contribution in [0.3, 0.4) is 0 Å². The first-order valence-electron chi connectivity index (χ1n) is 7.86. The van der Waals surface area contributed by atoms with Gasteiger partial charge in [-0.1, -0.05) is 6.07 Å². The molecule has 0 atom stereocenters. The predicted molar refractivity (Wildman–Crippen MR) is 93.5 cm³/mol. The number of rotatable bonds is 6. The van der Waals surface area contributed by atoms with Crippen LogP contribution in [0.1, 0.15) is 11.1 Å². The Kier molecular flexibility index (Phi) is 5.42. The minimum atomic E-state index is -1.01. The molecule has 0 saturated carbocycles. The van der Waals surface area contributed by atoms with Gasteiger partial charge in [-0.25, -0.2) is 18.7 Å². The Morgan fingerprint density at radius 1 is 1.07 bits per heavy atom. The standard InChI is InChI=1S/C19H14F2N4O2/c1-26-19-14(10-22)17(6-8-24-19)25-11-12-3-2-7-23-18(12)27-13-4-5-15(20)16(21)9-13/h2-9H,11H2,1H3,(H,24,25). The third kappa shape index (κ3) is 4.10. The van der Waals surface area contributed by atoms with Gasteiger partial charge in [-0.05, 0) is 24.3 Å². The topological polar surface area (TPSA) is 80.1 Å². The molecule has 27 heavy (non-hydrogen) atoms. The van der Waals surface area contributed by atoms with E-state index in [9.17, 15) is 14.0 Å². The van der Waals surface area contributed by atoms with Crippen LogP contribution in [0.25, 0.3) is 0 Å². The van der Waals surface area contributed by atoms with E-state index in [0.29, 0.717) is 11.3 Å². The SMILES string of the molecule is COc1nccc(NCc2cccnc2Oc2ccc(F)c(F)c2)c1C#N. The van der Waals surface area contributed by atoms with Crippen molar-refractivity contribution >= 4 is 5.69 Å². The van der Waals surface area contributed by atoms with E-state index in [-0.39, 0.29) is 29.6 Å². The van der Waals surface area contributed by atoms with Gasteiger partial charge < -0.3 is 14.8 Å². The van der Waals surface area contributed by atoms with Gasteiger partial charge in [-0.15, -0.1) is 0 Å². The van der Waals surface area contributed by atoms with Crippen LogP contribution in [0.4, 0.5) is 14.5 Å². The van der Waals surface area contributed by atoms with Crippen LogP contribution in [-0.2, 0) is 6.54 Å². The number of aromatic nitrogens is 2. The summed E-state index contributed by atoms with van der Waals surface area (Å²) in [6, 6.07) is 10.4. The predicted octanol–water partition coefficient (Wildman–Crippen LogP) is 4.04. The summed E-state index contributed by atoms with van der Waals surface area (Å²) in [7, 11) is 1.43. The number of nitrogens with one attached hydrogen (secondary N) is 1. The molecule has 0 bridgehead atoms. The first kappa shape index (κ1) is 18.1. The van der Waals surface area contributed by atoms with Crippen LogP contribution >= 0.6 is 0 Å². The zero-order chi connectivity index (χ0) is 19.2. The maximum atomic E-state index is 13.4. The first-order valence-corrected chi connectivity index (χ1v) is 7.86. The van der Waals surface area contributed by atoms with Gasteiger partial charge in [0.2, 0.25) is 11.8 Å². The van der Waals surface area contributed by atoms with Gasteiger partial charge in [0, 0.05) is 30.6 Å². The van der Waals surface area contributed by atoms with Crippen LogP contribution in [-0.4, -0.2) is 17.1 Å². The van der Waals surface area contributed by atoms with E-state index in [4.69, 9.17) is 9.47 Å². The van der Waals surface area contributed by atoms with Gasteiger partial charge in [0.05, 0.1) is 12.8 Å². The van der Waals surface area contributed by atoms with Gasteiger partial charge in [0.15, 0.2) is 11.6 Å². The molecule has 0 aliphatic heterocycles. The second-order valence-corrected chi connectivity index (χ2v) is 5.35. The number of ether oxygens (including phenoxy) is 2. The third-order valence-corrected chi connectivity index (χ3v) is 3.65. The Morgan fingerprint density at radius 3 is 2.63 bits per heavy atom. The van der Waals surface area contributed by atoms with Crippen molar-refractivity contribution in [1.29, 1.82) is 5.26 Å². The van der Waals surface area contributed by atoms with E-state index >= 15 is 0 Å². The quantitative estimate of drug-likeness (QED) is 0.707. The molecule has 0 saturated heterocycles. The van der Waals surface area contributed by atoms with Crippen molar-refractivity contribution < 1.29 is 18.3 Å². The van der Waals surface area contributed by atoms with Crippen LogP contribution < -0.4 is 14.8 Å². The van der Waals surface area contributed by atoms with Crippen LogP contribution in [0.2, 0.25) is 0 Å². The number of hydrogen-bond donors (Lipinski definition) is 1. The normalized spacial score (nSPS) is 10.1. The number of benzene rings is 1. The molecule has 6 nitrogen and oxygen atoms in total. The monoisotopic (exact) mass is 368 g/mol. The number of pyridine rings is 2. The molecule has 0 aliphatic carbocycles. The summed E-state index contributed by atoms with van der Waals surface area (Å²) in [4.78, 5) is 8.12. The first-order chi connectivity index (χ1) is 13.1. The molecular formula is C19H14F2N4O2. The highest BCUT2D eigenvalue weighted by atomic mass is 19.2. The molecule has 0 aliphatic rings. The Hall–Kier alpha value is -3.73. The number of halogens is 2. The Bertz CT molecular complexity index is 1010. The Morgan fingerprint density at radius 2 is 1.89 bits per heavy atom. The maximum absolute atomic E-state index is 13.4. The van der Waals surface area contributed by atoms with Gasteiger partial charge in [0.1, 0.15) is 17.4 Å². The minimum absolute atomic E-state index is 0.122. The molecule has 1 aromatic carbocycles. The van der Waals surface area contributed by atoms with Gasteiger partial charge >= 0.3 is 0 Å². The van der Waals surface area contributed by atoms with Crippen molar-refractivity contribution in [2.75, 3.05) is 12.4 Å². The highest BCUT2D eigenvalue weighted by Gasteiger charge is 2.12. The molecular weight excluding hydrogens is 354 g/mol. The van der Waals surface area contributed by atoms with E-state index < -0.39 is 11.6 Å². The fourth-order valence-electron chi connectivity index (χ4n) is 2.35. The van der Waals surface area contributed by atoms with Gasteiger partial charge in [-0.3, -0.25) is 0 Å². The molecule has 0 spiro atoms. The van der Waals surface area contributed by atoms with Crippen molar-refractivity contribution in [2.24, 2.45) is 0 Å². The molecule has 8 heteroatoms. The van der Waals surface area contributed by atoms with Crippen LogP contribution in [0.5, 0.6) is 17.5 Å². The average molecular weight is 368 g/mol. The number of anilines is 1. The summed E-state index contributed by atoms with van der Waals surface area (Å²) >= 11 is 0. The van der Waals surface area contributed by atoms with Crippen molar-refractivity contribution in [3.05, 3.63) is 71.6 Å². The summed E-state index contributed by atoms with van der Waals surface area (Å²) in [5, 5.41) is 12.4. The highest BCUT2D eigenvalue weighted by molar-refractivity contribution is 5.61. The van der Waals surface area contributed by atoms with Crippen molar-refractivity contribution in [3.8, 4) is 23.6 Å². The number of hydrogen-bond acceptors (Lipinski definition) is 6. The number of methoxy groups -OCH3 is 1. The molecule has 0 unspecified atom stereocenters. The largest absolute Gasteiger partial charge is 0.480 e. The number of nitrogens with zero attached hydrogens (tertiary/aromatic N) is 3. The van der Waals surface area contributed by atoms with Crippen molar-refractivity contribution in [2.45, 2.75) is 6.54 Å². The Labute approximate surface area is 154 Å². The summed E-state index contributed by atoms with van der Waals surface area (Å²) in [5.41, 5.74) is 1.46. The lowest BCUT2D eigenvalue weighted by Gasteiger charge is -2.13. The van der Waals surface area contributed by atoms with Gasteiger partial charge in [0.25, 0.3) is 0 Å². The van der Waals surface area contributed by atoms with E-state index in [0.717, 1.165) is 12.1 Å². The van der Waals surface area contributed by atoms with E-state index in [1.54, 1.807) is 18.2 Å². The van der Waals surface area contributed by atoms with Crippen LogP contribution in [0.15, 0.2) is 48.8 Å². The fraction of sp³-hybridized carbons (Fsp3) is 0.105. The summed E-state index contributed by atoms with van der Waals surface area (Å²) < 4.78 is 37.1. The molecule has 0 fully saturated rings. The maximum Gasteiger partial charge on any atom is 0.233 e. The fourth-order valence-corrected chi connectivity index (χ4v) is 2.35. The van der Waals surface area contributed by atoms with Gasteiger partial charge in [-0.2, -0.15) is 5.26 Å². The average Bonchev–Trinajstić information content (AvgIpc) is 2.69. The number of nitriles is 1. The lowest BCUT2D eigenvalue weighted by atomic mass is 10.2. The molecule has 1 N–H and O–H groups in total. The molecule has 136 valence electrons. The highest BCUT2D eigenvalue weighted by Crippen LogP contribution is 2.27. The molecule has 2 heterocycles.